The van der Waals surface area contributed by atoms with Crippen molar-refractivity contribution in [2.24, 2.45) is 0 Å². The molecule has 0 unspecified atom stereocenters. The lowest BCUT2D eigenvalue weighted by Gasteiger charge is -2.24. The maximum atomic E-state index is 13.0. The molecule has 2 aliphatic rings. The fraction of sp³-hybridized carbons (Fsp3) is 0.750. The molecule has 0 saturated heterocycles. The highest BCUT2D eigenvalue weighted by molar-refractivity contribution is 7.90. The van der Waals surface area contributed by atoms with E-state index < -0.39 is 16.1 Å². The van der Waals surface area contributed by atoms with Crippen molar-refractivity contribution in [3.05, 3.63) is 18.5 Å². The van der Waals surface area contributed by atoms with Crippen LogP contribution in [0.5, 0.6) is 0 Å². The zero-order chi connectivity index (χ0) is 22.7. The molecule has 8 heteroatoms. The largest absolute Gasteiger partial charge is 0.381 e. The van der Waals surface area contributed by atoms with E-state index in [0.29, 0.717) is 5.69 Å². The first-order valence-electron chi connectivity index (χ1n) is 12.6. The van der Waals surface area contributed by atoms with Crippen LogP contribution in [-0.2, 0) is 10.0 Å². The Hall–Kier alpha value is -1.83. The number of rotatable bonds is 5. The third kappa shape index (κ3) is 8.26. The van der Waals surface area contributed by atoms with Crippen LogP contribution in [0.3, 0.4) is 0 Å². The van der Waals surface area contributed by atoms with Crippen LogP contribution < -0.4 is 15.4 Å². The predicted molar refractivity (Wildman–Crippen MR) is 128 cm³/mol. The normalized spacial score (nSPS) is 20.5. The van der Waals surface area contributed by atoms with Crippen LogP contribution in [0.25, 0.3) is 0 Å². The summed E-state index contributed by atoms with van der Waals surface area (Å²) < 4.78 is 28.2. The zero-order valence-electron chi connectivity index (χ0n) is 19.3. The molecule has 0 bridgehead atoms. The number of hydrogen-bond donors (Lipinski definition) is 3. The van der Waals surface area contributed by atoms with Gasteiger partial charge in [0.25, 0.3) is 10.0 Å². The van der Waals surface area contributed by atoms with Crippen molar-refractivity contribution in [2.45, 2.75) is 120 Å². The van der Waals surface area contributed by atoms with E-state index in [2.05, 4.69) is 20.3 Å². The van der Waals surface area contributed by atoms with E-state index in [-0.39, 0.29) is 17.0 Å². The maximum Gasteiger partial charge on any atom is 0.328 e. The number of urea groups is 1. The minimum atomic E-state index is -4.02. The van der Waals surface area contributed by atoms with Gasteiger partial charge in [0.05, 0.1) is 5.69 Å². The predicted octanol–water partition coefficient (Wildman–Crippen LogP) is 5.49. The van der Waals surface area contributed by atoms with Crippen LogP contribution in [0, 0.1) is 0 Å². The molecule has 1 aromatic heterocycles. The summed E-state index contributed by atoms with van der Waals surface area (Å²) in [6.07, 6.45) is 21.4. The molecule has 1 aromatic rings. The van der Waals surface area contributed by atoms with Gasteiger partial charge in [-0.25, -0.2) is 17.9 Å². The maximum absolute atomic E-state index is 13.0. The lowest BCUT2D eigenvalue weighted by molar-refractivity contribution is 0.237. The fourth-order valence-electron chi connectivity index (χ4n) is 4.88. The smallest absolute Gasteiger partial charge is 0.328 e. The van der Waals surface area contributed by atoms with Gasteiger partial charge in [0.15, 0.2) is 0 Å². The van der Waals surface area contributed by atoms with Crippen molar-refractivity contribution in [1.82, 2.24) is 15.0 Å². The second kappa shape index (κ2) is 13.0. The summed E-state index contributed by atoms with van der Waals surface area (Å²) in [5.74, 6) is 0. The van der Waals surface area contributed by atoms with Crippen LogP contribution in [0.1, 0.15) is 103 Å². The topological polar surface area (TPSA) is 100 Å². The molecule has 2 aliphatic carbocycles. The van der Waals surface area contributed by atoms with Crippen LogP contribution in [0.2, 0.25) is 0 Å². The number of carbonyl (C=O) groups excluding carboxylic acids is 1. The summed E-state index contributed by atoms with van der Waals surface area (Å²) in [5.41, 5.74) is 0.523. The number of nitrogens with zero attached hydrogens (tertiary/aromatic N) is 1. The minimum Gasteiger partial charge on any atom is -0.381 e. The molecule has 2 fully saturated rings. The highest BCUT2D eigenvalue weighted by Crippen LogP contribution is 2.25. The molecule has 0 aromatic carbocycles. The molecular formula is C24H40N4O3S. The summed E-state index contributed by atoms with van der Waals surface area (Å²) in [6, 6.07) is 1.31. The van der Waals surface area contributed by atoms with E-state index >= 15 is 0 Å². The van der Waals surface area contributed by atoms with Gasteiger partial charge in [0.2, 0.25) is 0 Å². The van der Waals surface area contributed by atoms with E-state index in [4.69, 9.17) is 0 Å². The molecule has 7 nitrogen and oxygen atoms in total. The molecule has 2 saturated carbocycles. The van der Waals surface area contributed by atoms with E-state index in [1.54, 1.807) is 12.3 Å². The highest BCUT2D eigenvalue weighted by atomic mass is 32.2. The van der Waals surface area contributed by atoms with Crippen LogP contribution in [0.15, 0.2) is 23.4 Å². The van der Waals surface area contributed by atoms with Crippen LogP contribution in [-0.4, -0.2) is 31.5 Å². The van der Waals surface area contributed by atoms with Gasteiger partial charge in [-0.05, 0) is 31.7 Å². The molecule has 0 aliphatic heterocycles. The van der Waals surface area contributed by atoms with Crippen LogP contribution in [0.4, 0.5) is 10.5 Å². The Labute approximate surface area is 193 Å². The molecule has 0 radical (unpaired) electrons. The summed E-state index contributed by atoms with van der Waals surface area (Å²) in [4.78, 5) is 16.4. The first kappa shape index (κ1) is 24.8. The van der Waals surface area contributed by atoms with Crippen molar-refractivity contribution in [2.75, 3.05) is 5.32 Å². The summed E-state index contributed by atoms with van der Waals surface area (Å²) in [7, 11) is -4.02. The Morgan fingerprint density at radius 2 is 1.28 bits per heavy atom. The third-order valence-electron chi connectivity index (χ3n) is 6.71. The summed E-state index contributed by atoms with van der Waals surface area (Å²) >= 11 is 0. The van der Waals surface area contributed by atoms with Gasteiger partial charge < -0.3 is 10.6 Å². The average Bonchev–Trinajstić information content (AvgIpc) is 2.76. The molecule has 1 heterocycles. The third-order valence-corrected chi connectivity index (χ3v) is 8.06. The van der Waals surface area contributed by atoms with Crippen molar-refractivity contribution in [3.8, 4) is 0 Å². The quantitative estimate of drug-likeness (QED) is 0.535. The van der Waals surface area contributed by atoms with Gasteiger partial charge >= 0.3 is 6.03 Å². The molecule has 3 N–H and O–H groups in total. The molecule has 3 rings (SSSR count). The number of carbonyl (C=O) groups is 1. The number of pyridine rings is 1. The van der Waals surface area contributed by atoms with E-state index in [1.807, 2.05) is 0 Å². The van der Waals surface area contributed by atoms with Crippen molar-refractivity contribution in [3.63, 3.8) is 0 Å². The molecule has 0 spiro atoms. The van der Waals surface area contributed by atoms with Gasteiger partial charge in [0, 0.05) is 24.5 Å². The van der Waals surface area contributed by atoms with E-state index in [9.17, 15) is 13.2 Å². The number of amides is 2. The van der Waals surface area contributed by atoms with E-state index in [0.717, 1.165) is 51.4 Å². The monoisotopic (exact) mass is 464 g/mol. The molecule has 180 valence electrons. The Kier molecular flexibility index (Phi) is 10.1. The van der Waals surface area contributed by atoms with Gasteiger partial charge in [-0.2, -0.15) is 0 Å². The number of nitrogens with one attached hydrogen (secondary N) is 3. The lowest BCUT2D eigenvalue weighted by atomic mass is 9.96. The highest BCUT2D eigenvalue weighted by Gasteiger charge is 2.24. The Bertz CT molecular complexity index is 797. The molecular weight excluding hydrogens is 424 g/mol. The molecule has 0 atom stereocenters. The van der Waals surface area contributed by atoms with Gasteiger partial charge in [-0.3, -0.25) is 4.98 Å². The number of sulfonamides is 1. The first-order valence-corrected chi connectivity index (χ1v) is 14.1. The van der Waals surface area contributed by atoms with Crippen molar-refractivity contribution < 1.29 is 13.2 Å². The Balaban J connectivity index is 1.64. The zero-order valence-corrected chi connectivity index (χ0v) is 20.1. The van der Waals surface area contributed by atoms with Gasteiger partial charge in [-0.1, -0.05) is 77.0 Å². The summed E-state index contributed by atoms with van der Waals surface area (Å²) in [6.45, 7) is 0. The van der Waals surface area contributed by atoms with Crippen LogP contribution >= 0.6 is 0 Å². The van der Waals surface area contributed by atoms with E-state index in [1.165, 1.54) is 57.6 Å². The van der Waals surface area contributed by atoms with Gasteiger partial charge in [0.1, 0.15) is 4.90 Å². The van der Waals surface area contributed by atoms with Crippen molar-refractivity contribution in [1.29, 1.82) is 0 Å². The SMILES string of the molecule is O=C(NC1CCCCC1)NS(=O)(=O)c1cnccc1NC1CCCCCCCCCCC1. The number of aromatic nitrogens is 1. The first-order chi connectivity index (χ1) is 15.5. The molecule has 2 amide bonds. The number of anilines is 1. The number of hydrogen-bond acceptors (Lipinski definition) is 5. The lowest BCUT2D eigenvalue weighted by Crippen LogP contribution is -2.45. The molecule has 32 heavy (non-hydrogen) atoms. The minimum absolute atomic E-state index is 0.0323. The standard InChI is InChI=1S/C24H40N4O3S/c29-24(27-21-15-11-8-12-16-21)28-32(30,31)23-19-25-18-17-22(23)26-20-13-9-6-4-2-1-3-5-7-10-14-20/h17-21H,1-16H2,(H,25,26)(H2,27,28,29). The Morgan fingerprint density at radius 3 is 1.88 bits per heavy atom. The second-order valence-electron chi connectivity index (χ2n) is 9.39. The second-order valence-corrected chi connectivity index (χ2v) is 11.0. The fourth-order valence-corrected chi connectivity index (χ4v) is 5.91. The van der Waals surface area contributed by atoms with Crippen molar-refractivity contribution >= 4 is 21.7 Å². The van der Waals surface area contributed by atoms with Gasteiger partial charge in [-0.15, -0.1) is 0 Å². The Morgan fingerprint density at radius 1 is 0.781 bits per heavy atom. The average molecular weight is 465 g/mol. The summed E-state index contributed by atoms with van der Waals surface area (Å²) in [5, 5.41) is 6.29.